The minimum Gasteiger partial charge on any atom is -0.258 e. The Hall–Kier alpha value is -1.10. The summed E-state index contributed by atoms with van der Waals surface area (Å²) in [6, 6.07) is 12.0. The molecule has 2 rings (SSSR count). The number of nitrogens with zero attached hydrogens (tertiary/aromatic N) is 1. The van der Waals surface area contributed by atoms with Gasteiger partial charge in [0.15, 0.2) is 0 Å². The maximum Gasteiger partial charge on any atom is 0.272 e. The van der Waals surface area contributed by atoms with Crippen molar-refractivity contribution in [2.24, 2.45) is 0 Å². The van der Waals surface area contributed by atoms with Crippen LogP contribution >= 0.6 is 39.1 Å². The summed E-state index contributed by atoms with van der Waals surface area (Å²) in [5.74, 6) is 0. The lowest BCUT2D eigenvalue weighted by atomic mass is 10.0. The fraction of sp³-hybridized carbons (Fsp3) is 0.143. The van der Waals surface area contributed by atoms with Gasteiger partial charge in [-0.25, -0.2) is 0 Å². The van der Waals surface area contributed by atoms with Crippen molar-refractivity contribution in [3.05, 3.63) is 73.2 Å². The molecule has 20 heavy (non-hydrogen) atoms. The molecule has 0 aliphatic carbocycles. The summed E-state index contributed by atoms with van der Waals surface area (Å²) in [7, 11) is 0. The predicted molar refractivity (Wildman–Crippen MR) is 84.5 cm³/mol. The molecule has 1 atom stereocenters. The Morgan fingerprint density at radius 2 is 1.90 bits per heavy atom. The van der Waals surface area contributed by atoms with E-state index in [9.17, 15) is 10.1 Å². The van der Waals surface area contributed by atoms with Gasteiger partial charge in [-0.2, -0.15) is 0 Å². The summed E-state index contributed by atoms with van der Waals surface area (Å²) in [6.07, 6.45) is 0.342. The number of benzene rings is 2. The van der Waals surface area contributed by atoms with E-state index in [1.54, 1.807) is 18.2 Å². The Kier molecular flexibility index (Phi) is 5.02. The van der Waals surface area contributed by atoms with Gasteiger partial charge in [0.05, 0.1) is 15.3 Å². The van der Waals surface area contributed by atoms with E-state index in [-0.39, 0.29) is 5.69 Å². The average molecular weight is 375 g/mol. The summed E-state index contributed by atoms with van der Waals surface area (Å²) in [5.41, 5.74) is 1.42. The molecule has 0 N–H and O–H groups in total. The Balaban J connectivity index is 2.30. The van der Waals surface area contributed by atoms with Crippen molar-refractivity contribution >= 4 is 44.8 Å². The maximum absolute atomic E-state index is 11.0. The molecule has 3 nitrogen and oxygen atoms in total. The zero-order valence-electron chi connectivity index (χ0n) is 10.2. The summed E-state index contributed by atoms with van der Waals surface area (Å²) in [6.45, 7) is 0. The van der Waals surface area contributed by atoms with E-state index >= 15 is 0 Å². The van der Waals surface area contributed by atoms with Gasteiger partial charge < -0.3 is 0 Å². The molecule has 0 saturated heterocycles. The van der Waals surface area contributed by atoms with Gasteiger partial charge in [-0.15, -0.1) is 11.6 Å². The van der Waals surface area contributed by atoms with Gasteiger partial charge in [0.25, 0.3) is 5.69 Å². The third-order valence-electron chi connectivity index (χ3n) is 2.91. The van der Waals surface area contributed by atoms with Gasteiger partial charge in [0, 0.05) is 16.1 Å². The van der Waals surface area contributed by atoms with Crippen LogP contribution in [0.25, 0.3) is 0 Å². The van der Waals surface area contributed by atoms with E-state index in [4.69, 9.17) is 23.2 Å². The van der Waals surface area contributed by atoms with Crippen LogP contribution in [-0.2, 0) is 6.42 Å². The topological polar surface area (TPSA) is 43.1 Å². The first kappa shape index (κ1) is 15.3. The van der Waals surface area contributed by atoms with Crippen molar-refractivity contribution in [1.82, 2.24) is 0 Å². The molecule has 104 valence electrons. The molecule has 0 heterocycles. The molecule has 0 aliphatic rings. The van der Waals surface area contributed by atoms with Gasteiger partial charge in [-0.05, 0) is 34.0 Å². The van der Waals surface area contributed by atoms with Gasteiger partial charge in [0.2, 0.25) is 0 Å². The fourth-order valence-corrected chi connectivity index (χ4v) is 2.97. The molecule has 1 unspecified atom stereocenters. The van der Waals surface area contributed by atoms with Gasteiger partial charge in [-0.1, -0.05) is 41.9 Å². The van der Waals surface area contributed by atoms with Crippen LogP contribution in [0.2, 0.25) is 5.02 Å². The molecule has 6 heteroatoms. The van der Waals surface area contributed by atoms with E-state index in [1.165, 1.54) is 6.07 Å². The smallest absolute Gasteiger partial charge is 0.258 e. The largest absolute Gasteiger partial charge is 0.272 e. The molecule has 0 fully saturated rings. The van der Waals surface area contributed by atoms with Crippen LogP contribution in [-0.4, -0.2) is 4.92 Å². The number of para-hydroxylation sites is 1. The molecule has 2 aromatic rings. The first-order valence-electron chi connectivity index (χ1n) is 5.81. The third kappa shape index (κ3) is 3.32. The first-order valence-corrected chi connectivity index (χ1v) is 7.41. The first-order chi connectivity index (χ1) is 9.50. The molecule has 2 aromatic carbocycles. The molecule has 0 saturated carbocycles. The Labute approximate surface area is 134 Å². The maximum atomic E-state index is 11.0. The van der Waals surface area contributed by atoms with E-state index < -0.39 is 10.3 Å². The van der Waals surface area contributed by atoms with Crippen LogP contribution in [0.15, 0.2) is 46.9 Å². The highest BCUT2D eigenvalue weighted by Crippen LogP contribution is 2.36. The van der Waals surface area contributed by atoms with Crippen LogP contribution in [0, 0.1) is 10.1 Å². The minimum atomic E-state index is -0.430. The highest BCUT2D eigenvalue weighted by atomic mass is 79.9. The van der Waals surface area contributed by atoms with Crippen LogP contribution in [0.5, 0.6) is 0 Å². The predicted octanol–water partition coefficient (Wildman–Crippen LogP) is 5.53. The second kappa shape index (κ2) is 6.57. The summed E-state index contributed by atoms with van der Waals surface area (Å²) in [4.78, 5) is 10.6. The number of nitro benzene ring substituents is 1. The standard InChI is InChI=1S/C14H10BrCl2NO2/c15-11-6-3-5-10(14(11)17)12(16)8-9-4-1-2-7-13(9)18(19)20/h1-7,12H,8H2. The number of hydrogen-bond acceptors (Lipinski definition) is 2. The zero-order valence-corrected chi connectivity index (χ0v) is 13.3. The van der Waals surface area contributed by atoms with E-state index in [0.717, 1.165) is 10.0 Å². The van der Waals surface area contributed by atoms with E-state index in [1.807, 2.05) is 18.2 Å². The van der Waals surface area contributed by atoms with Crippen LogP contribution in [0.4, 0.5) is 5.69 Å². The van der Waals surface area contributed by atoms with Crippen molar-refractivity contribution in [2.45, 2.75) is 11.8 Å². The number of halogens is 3. The van der Waals surface area contributed by atoms with Crippen molar-refractivity contribution in [3.8, 4) is 0 Å². The molecule has 0 amide bonds. The second-order valence-electron chi connectivity index (χ2n) is 4.20. The summed E-state index contributed by atoms with van der Waals surface area (Å²) >= 11 is 15.9. The van der Waals surface area contributed by atoms with Crippen molar-refractivity contribution in [1.29, 1.82) is 0 Å². The van der Waals surface area contributed by atoms with Gasteiger partial charge in [0.1, 0.15) is 0 Å². The highest BCUT2D eigenvalue weighted by molar-refractivity contribution is 9.10. The molecule has 0 aromatic heterocycles. The number of nitro groups is 1. The lowest BCUT2D eigenvalue weighted by Crippen LogP contribution is -2.01. The Morgan fingerprint density at radius 3 is 2.60 bits per heavy atom. The summed E-state index contributed by atoms with van der Waals surface area (Å²) in [5, 5.41) is 11.1. The fourth-order valence-electron chi connectivity index (χ4n) is 1.93. The van der Waals surface area contributed by atoms with Gasteiger partial charge in [-0.3, -0.25) is 10.1 Å². The quantitative estimate of drug-likeness (QED) is 0.401. The average Bonchev–Trinajstić information content (AvgIpc) is 2.42. The van der Waals surface area contributed by atoms with Gasteiger partial charge >= 0.3 is 0 Å². The van der Waals surface area contributed by atoms with E-state index in [2.05, 4.69) is 15.9 Å². The molecule has 0 aliphatic heterocycles. The number of hydrogen-bond donors (Lipinski definition) is 0. The lowest BCUT2D eigenvalue weighted by molar-refractivity contribution is -0.385. The van der Waals surface area contributed by atoms with E-state index in [0.29, 0.717) is 17.0 Å². The third-order valence-corrected chi connectivity index (χ3v) is 4.61. The molecule has 0 radical (unpaired) electrons. The zero-order chi connectivity index (χ0) is 14.7. The Bertz CT molecular complexity index is 649. The van der Waals surface area contributed by atoms with Crippen molar-refractivity contribution in [2.75, 3.05) is 0 Å². The number of alkyl halides is 1. The molecule has 0 spiro atoms. The molecular formula is C14H10BrCl2NO2. The monoisotopic (exact) mass is 373 g/mol. The second-order valence-corrected chi connectivity index (χ2v) is 5.96. The van der Waals surface area contributed by atoms with Crippen molar-refractivity contribution in [3.63, 3.8) is 0 Å². The minimum absolute atomic E-state index is 0.0734. The normalized spacial score (nSPS) is 12.2. The van der Waals surface area contributed by atoms with Crippen LogP contribution in [0.3, 0.4) is 0 Å². The molecule has 0 bridgehead atoms. The van der Waals surface area contributed by atoms with Crippen LogP contribution in [0.1, 0.15) is 16.5 Å². The molecular weight excluding hydrogens is 365 g/mol. The SMILES string of the molecule is O=[N+]([O-])c1ccccc1CC(Cl)c1cccc(Br)c1Cl. The Morgan fingerprint density at radius 1 is 1.20 bits per heavy atom. The summed E-state index contributed by atoms with van der Waals surface area (Å²) < 4.78 is 0.755. The lowest BCUT2D eigenvalue weighted by Gasteiger charge is -2.12. The number of rotatable bonds is 4. The highest BCUT2D eigenvalue weighted by Gasteiger charge is 2.19. The van der Waals surface area contributed by atoms with Crippen molar-refractivity contribution < 1.29 is 4.92 Å². The van der Waals surface area contributed by atoms with Crippen LogP contribution < -0.4 is 0 Å².